The van der Waals surface area contributed by atoms with Crippen LogP contribution >= 0.6 is 11.8 Å². The molecule has 1 unspecified atom stereocenters. The van der Waals surface area contributed by atoms with Crippen LogP contribution in [0, 0.1) is 0 Å². The second kappa shape index (κ2) is 11.4. The van der Waals surface area contributed by atoms with Gasteiger partial charge in [0.25, 0.3) is 0 Å². The second-order valence-electron chi connectivity index (χ2n) is 10.3. The maximum atomic E-state index is 13.3. The van der Waals surface area contributed by atoms with Crippen molar-refractivity contribution < 1.29 is 29.3 Å². The second-order valence-corrected chi connectivity index (χ2v) is 11.5. The third-order valence-electron chi connectivity index (χ3n) is 8.19. The van der Waals surface area contributed by atoms with Gasteiger partial charge in [-0.2, -0.15) is 11.8 Å². The highest BCUT2D eigenvalue weighted by molar-refractivity contribution is 8.00. The van der Waals surface area contributed by atoms with Crippen molar-refractivity contribution in [2.24, 2.45) is 0 Å². The number of ether oxygens (including phenoxy) is 2. The Labute approximate surface area is 238 Å². The van der Waals surface area contributed by atoms with Crippen molar-refractivity contribution in [1.82, 2.24) is 10.6 Å². The lowest BCUT2D eigenvalue weighted by Gasteiger charge is -2.46. The molecule has 0 bridgehead atoms. The van der Waals surface area contributed by atoms with E-state index in [2.05, 4.69) is 10.6 Å². The number of hydrogen-bond donors (Lipinski definition) is 4. The Hall–Kier alpha value is -3.69. The number of rotatable bonds is 11. The number of benzene rings is 3. The standard InChI is InChI=1S/C31H34N2O6S/c1-38-23-14-10-21(11-15-23)31(20-7-4-3-5-8-20,22-12-16-24(39-2)17-13-22)30(37,28(34)35)18-6-9-26-27-25(19-40-26)32-29(36)33-27/h3-5,7-8,10-17,25-27,37H,6,9,18-19H2,1-2H3,(H,34,35)(H2,32,33,36)/t25-,26-,27-,30?/m0/s1. The zero-order valence-corrected chi connectivity index (χ0v) is 23.3. The Kier molecular flexibility index (Phi) is 7.96. The number of carboxylic acid groups (broad SMARTS) is 1. The van der Waals surface area contributed by atoms with E-state index >= 15 is 0 Å². The molecule has 9 heteroatoms. The number of thioether (sulfide) groups is 1. The molecule has 0 aliphatic carbocycles. The Morgan fingerprint density at radius 3 is 1.98 bits per heavy atom. The first-order valence-corrected chi connectivity index (χ1v) is 14.4. The van der Waals surface area contributed by atoms with E-state index in [1.807, 2.05) is 54.6 Å². The SMILES string of the molecule is COc1ccc(C(c2ccccc2)(c2ccc(OC)cc2)C(O)(CCC[C@@H]2SC[C@@H]3NC(=O)N[C@@H]32)C(=O)O)cc1. The fraction of sp³-hybridized carbons (Fsp3) is 0.355. The molecule has 2 heterocycles. The minimum absolute atomic E-state index is 0.00234. The van der Waals surface area contributed by atoms with Gasteiger partial charge >= 0.3 is 12.0 Å². The summed E-state index contributed by atoms with van der Waals surface area (Å²) in [5.41, 5.74) is -1.79. The van der Waals surface area contributed by atoms with Gasteiger partial charge in [-0.25, -0.2) is 9.59 Å². The maximum Gasteiger partial charge on any atom is 0.337 e. The van der Waals surface area contributed by atoms with Crippen LogP contribution in [0.25, 0.3) is 0 Å². The lowest BCUT2D eigenvalue weighted by molar-refractivity contribution is -0.165. The lowest BCUT2D eigenvalue weighted by atomic mass is 9.58. The molecule has 2 amide bonds. The Balaban J connectivity index is 1.62. The Morgan fingerprint density at radius 2 is 1.45 bits per heavy atom. The van der Waals surface area contributed by atoms with Crippen LogP contribution in [0.3, 0.4) is 0 Å². The molecule has 4 atom stereocenters. The molecule has 8 nitrogen and oxygen atoms in total. The molecule has 2 aliphatic heterocycles. The van der Waals surface area contributed by atoms with Gasteiger partial charge < -0.3 is 30.3 Å². The third-order valence-corrected chi connectivity index (χ3v) is 9.70. The summed E-state index contributed by atoms with van der Waals surface area (Å²) in [5.74, 6) is 0.748. The van der Waals surface area contributed by atoms with Crippen LogP contribution in [0.1, 0.15) is 36.0 Å². The molecule has 3 aromatic rings. The van der Waals surface area contributed by atoms with Crippen LogP contribution < -0.4 is 20.1 Å². The van der Waals surface area contributed by atoms with Crippen LogP contribution in [-0.2, 0) is 10.2 Å². The van der Waals surface area contributed by atoms with E-state index in [4.69, 9.17) is 9.47 Å². The van der Waals surface area contributed by atoms with Crippen molar-refractivity contribution >= 4 is 23.8 Å². The smallest absolute Gasteiger partial charge is 0.337 e. The van der Waals surface area contributed by atoms with Gasteiger partial charge in [0.15, 0.2) is 5.60 Å². The summed E-state index contributed by atoms with van der Waals surface area (Å²) < 4.78 is 10.8. The van der Waals surface area contributed by atoms with Crippen LogP contribution in [0.15, 0.2) is 78.9 Å². The van der Waals surface area contributed by atoms with Crippen molar-refractivity contribution in [3.05, 3.63) is 95.6 Å². The Morgan fingerprint density at radius 1 is 0.900 bits per heavy atom. The summed E-state index contributed by atoms with van der Waals surface area (Å²) in [6.45, 7) is 0. The molecule has 0 aromatic heterocycles. The van der Waals surface area contributed by atoms with Gasteiger partial charge in [0.05, 0.1) is 31.7 Å². The van der Waals surface area contributed by atoms with Gasteiger partial charge in [-0.05, 0) is 60.2 Å². The summed E-state index contributed by atoms with van der Waals surface area (Å²) in [7, 11) is 3.15. The summed E-state index contributed by atoms with van der Waals surface area (Å²) in [6.07, 6.45) is 1.09. The van der Waals surface area contributed by atoms with Crippen molar-refractivity contribution in [3.8, 4) is 11.5 Å². The summed E-state index contributed by atoms with van der Waals surface area (Å²) >= 11 is 1.77. The van der Waals surface area contributed by atoms with Crippen molar-refractivity contribution in [2.75, 3.05) is 20.0 Å². The van der Waals surface area contributed by atoms with Crippen LogP contribution in [0.5, 0.6) is 11.5 Å². The number of urea groups is 1. The number of hydrogen-bond acceptors (Lipinski definition) is 6. The molecule has 210 valence electrons. The highest BCUT2D eigenvalue weighted by Crippen LogP contribution is 2.50. The fourth-order valence-corrected chi connectivity index (χ4v) is 7.79. The van der Waals surface area contributed by atoms with E-state index in [-0.39, 0.29) is 29.8 Å². The summed E-state index contributed by atoms with van der Waals surface area (Å²) in [5, 5.41) is 29.5. The first-order chi connectivity index (χ1) is 19.3. The molecule has 0 saturated carbocycles. The van der Waals surface area contributed by atoms with E-state index in [1.165, 1.54) is 0 Å². The average Bonchev–Trinajstić information content (AvgIpc) is 3.54. The predicted molar refractivity (Wildman–Crippen MR) is 154 cm³/mol. The van der Waals surface area contributed by atoms with Crippen LogP contribution in [0.4, 0.5) is 4.79 Å². The largest absolute Gasteiger partial charge is 0.497 e. The predicted octanol–water partition coefficient (Wildman–Crippen LogP) is 4.19. The van der Waals surface area contributed by atoms with Crippen LogP contribution in [0.2, 0.25) is 0 Å². The number of nitrogens with one attached hydrogen (secondary N) is 2. The molecule has 0 spiro atoms. The molecular formula is C31H34N2O6S. The topological polar surface area (TPSA) is 117 Å². The fourth-order valence-electron chi connectivity index (χ4n) is 6.24. The molecule has 2 fully saturated rings. The van der Waals surface area contributed by atoms with Gasteiger partial charge in [-0.3, -0.25) is 0 Å². The maximum absolute atomic E-state index is 13.3. The van der Waals surface area contributed by atoms with Gasteiger partial charge in [0.2, 0.25) is 0 Å². The number of carboxylic acids is 1. The highest BCUT2D eigenvalue weighted by atomic mass is 32.2. The quantitative estimate of drug-likeness (QED) is 0.205. The number of aliphatic hydroxyl groups is 1. The molecule has 3 aromatic carbocycles. The van der Waals surface area contributed by atoms with Crippen molar-refractivity contribution in [3.63, 3.8) is 0 Å². The first-order valence-electron chi connectivity index (χ1n) is 13.3. The molecular weight excluding hydrogens is 528 g/mol. The molecule has 4 N–H and O–H groups in total. The molecule has 0 radical (unpaired) electrons. The zero-order chi connectivity index (χ0) is 28.3. The number of amides is 2. The number of fused-ring (bicyclic) bond motifs is 1. The van der Waals surface area contributed by atoms with Crippen LogP contribution in [-0.4, -0.2) is 65.1 Å². The van der Waals surface area contributed by atoms with Gasteiger partial charge in [-0.1, -0.05) is 54.6 Å². The Bertz CT molecular complexity index is 1290. The average molecular weight is 563 g/mol. The molecule has 2 aliphatic rings. The third kappa shape index (κ3) is 4.77. The van der Waals surface area contributed by atoms with Crippen molar-refractivity contribution in [1.29, 1.82) is 0 Å². The van der Waals surface area contributed by atoms with E-state index < -0.39 is 17.0 Å². The minimum Gasteiger partial charge on any atom is -0.497 e. The van der Waals surface area contributed by atoms with Gasteiger partial charge in [0.1, 0.15) is 11.5 Å². The monoisotopic (exact) mass is 562 g/mol. The number of aliphatic carboxylic acids is 1. The number of carbonyl (C=O) groups is 2. The minimum atomic E-state index is -2.22. The molecule has 5 rings (SSSR count). The number of carbonyl (C=O) groups excluding carboxylic acids is 1. The van der Waals surface area contributed by atoms with E-state index in [1.54, 1.807) is 50.2 Å². The van der Waals surface area contributed by atoms with Gasteiger partial charge in [0, 0.05) is 11.0 Å². The highest BCUT2D eigenvalue weighted by Gasteiger charge is 2.58. The van der Waals surface area contributed by atoms with E-state index in [0.717, 1.165) is 5.75 Å². The zero-order valence-electron chi connectivity index (χ0n) is 22.5. The van der Waals surface area contributed by atoms with Gasteiger partial charge in [-0.15, -0.1) is 0 Å². The number of methoxy groups -OCH3 is 2. The first kappa shape index (κ1) is 27.9. The van der Waals surface area contributed by atoms with Crippen molar-refractivity contribution in [2.45, 2.75) is 47.6 Å². The van der Waals surface area contributed by atoms with E-state index in [0.29, 0.717) is 41.0 Å². The van der Waals surface area contributed by atoms with E-state index in [9.17, 15) is 19.8 Å². The lowest BCUT2D eigenvalue weighted by Crippen LogP contribution is -2.58. The molecule has 2 saturated heterocycles. The summed E-state index contributed by atoms with van der Waals surface area (Å²) in [6, 6.07) is 23.6. The molecule has 40 heavy (non-hydrogen) atoms. The normalized spacial score (nSPS) is 21.6. The summed E-state index contributed by atoms with van der Waals surface area (Å²) in [4.78, 5) is 25.2.